The summed E-state index contributed by atoms with van der Waals surface area (Å²) < 4.78 is 2.52. The number of piperidine rings is 1. The Kier molecular flexibility index (Phi) is 6.34. The number of carbonyl (C=O) groups excluding carboxylic acids is 1. The van der Waals surface area contributed by atoms with Crippen LogP contribution in [0.4, 0.5) is 17.5 Å². The van der Waals surface area contributed by atoms with Crippen LogP contribution in [0.15, 0.2) is 23.8 Å². The molecular weight excluding hydrogens is 434 g/mol. The summed E-state index contributed by atoms with van der Waals surface area (Å²) >= 11 is 1.66. The van der Waals surface area contributed by atoms with Gasteiger partial charge in [0.05, 0.1) is 28.3 Å². The van der Waals surface area contributed by atoms with Gasteiger partial charge in [0.2, 0.25) is 11.9 Å². The van der Waals surface area contributed by atoms with Crippen molar-refractivity contribution in [2.24, 2.45) is 11.3 Å². The third-order valence-corrected chi connectivity index (χ3v) is 7.91. The van der Waals surface area contributed by atoms with Crippen molar-refractivity contribution in [3.05, 3.63) is 23.8 Å². The van der Waals surface area contributed by atoms with Crippen LogP contribution in [0, 0.1) is 11.3 Å². The highest BCUT2D eigenvalue weighted by atomic mass is 32.1. The first-order valence-corrected chi connectivity index (χ1v) is 12.9. The molecule has 0 unspecified atom stereocenters. The Bertz CT molecular complexity index is 1110. The monoisotopic (exact) mass is 467 g/mol. The first-order valence-electron chi connectivity index (χ1n) is 12.0. The number of carbonyl (C=O) groups is 1. The van der Waals surface area contributed by atoms with Crippen molar-refractivity contribution in [3.8, 4) is 0 Å². The van der Waals surface area contributed by atoms with Crippen LogP contribution in [0.1, 0.15) is 63.6 Å². The Balaban J connectivity index is 1.28. The average molecular weight is 468 g/mol. The maximum absolute atomic E-state index is 12.7. The van der Waals surface area contributed by atoms with Crippen molar-refractivity contribution in [2.45, 2.75) is 64.8 Å². The van der Waals surface area contributed by atoms with Gasteiger partial charge in [-0.1, -0.05) is 13.8 Å². The van der Waals surface area contributed by atoms with Crippen LogP contribution in [0.3, 0.4) is 0 Å². The summed E-state index contributed by atoms with van der Waals surface area (Å²) in [4.78, 5) is 22.1. The van der Waals surface area contributed by atoms with Gasteiger partial charge in [-0.25, -0.2) is 9.67 Å². The molecule has 33 heavy (non-hydrogen) atoms. The van der Waals surface area contributed by atoms with Gasteiger partial charge in [-0.2, -0.15) is 10.1 Å². The number of thiophene rings is 1. The minimum atomic E-state index is 0.0340. The lowest BCUT2D eigenvalue weighted by molar-refractivity contribution is 0.0854. The Morgan fingerprint density at radius 3 is 2.79 bits per heavy atom. The molecule has 0 radical (unpaired) electrons. The lowest BCUT2D eigenvalue weighted by Gasteiger charge is -2.34. The Morgan fingerprint density at radius 1 is 1.21 bits per heavy atom. The molecule has 8 nitrogen and oxygen atoms in total. The van der Waals surface area contributed by atoms with Crippen molar-refractivity contribution in [1.29, 1.82) is 0 Å². The lowest BCUT2D eigenvalue weighted by atomic mass is 9.75. The van der Waals surface area contributed by atoms with Gasteiger partial charge in [-0.05, 0) is 74.4 Å². The summed E-state index contributed by atoms with van der Waals surface area (Å²) in [5, 5.41) is 16.6. The molecule has 176 valence electrons. The fourth-order valence-electron chi connectivity index (χ4n) is 4.83. The number of nitrogens with one attached hydrogen (secondary N) is 3. The highest BCUT2D eigenvalue weighted by Gasteiger charge is 2.27. The highest BCUT2D eigenvalue weighted by molar-refractivity contribution is 7.17. The topological polar surface area (TPSA) is 96.8 Å². The third-order valence-electron chi connectivity index (χ3n) is 7.00. The SMILES string of the molecule is CC1(C)CCC(Nc2nc(Nc3cnn(C(=O)CC4CCNCC4)c3)nc3ccsc23)CC1. The Labute approximate surface area is 198 Å². The molecule has 0 atom stereocenters. The molecule has 0 aromatic carbocycles. The summed E-state index contributed by atoms with van der Waals surface area (Å²) in [5.41, 5.74) is 2.07. The molecule has 0 amide bonds. The van der Waals surface area contributed by atoms with Crippen LogP contribution in [0.5, 0.6) is 0 Å². The van der Waals surface area contributed by atoms with Gasteiger partial charge in [-0.15, -0.1) is 11.3 Å². The molecule has 0 spiro atoms. The fraction of sp³-hybridized carbons (Fsp3) is 0.583. The smallest absolute Gasteiger partial charge is 0.247 e. The maximum Gasteiger partial charge on any atom is 0.247 e. The van der Waals surface area contributed by atoms with E-state index in [1.165, 1.54) is 17.5 Å². The second kappa shape index (κ2) is 9.38. The van der Waals surface area contributed by atoms with E-state index in [0.717, 1.165) is 54.8 Å². The zero-order chi connectivity index (χ0) is 22.8. The Morgan fingerprint density at radius 2 is 2.00 bits per heavy atom. The number of hydrogen-bond donors (Lipinski definition) is 3. The lowest BCUT2D eigenvalue weighted by Crippen LogP contribution is -2.30. The third kappa shape index (κ3) is 5.35. The van der Waals surface area contributed by atoms with Crippen LogP contribution >= 0.6 is 11.3 Å². The van der Waals surface area contributed by atoms with Crippen molar-refractivity contribution in [2.75, 3.05) is 23.7 Å². The van der Waals surface area contributed by atoms with E-state index in [4.69, 9.17) is 4.98 Å². The molecule has 4 heterocycles. The predicted molar refractivity (Wildman–Crippen MR) is 133 cm³/mol. The van der Waals surface area contributed by atoms with E-state index >= 15 is 0 Å². The molecule has 1 aliphatic carbocycles. The molecular formula is C24H33N7OS. The largest absolute Gasteiger partial charge is 0.366 e. The average Bonchev–Trinajstić information content (AvgIpc) is 3.46. The molecule has 9 heteroatoms. The van der Waals surface area contributed by atoms with Gasteiger partial charge in [0.1, 0.15) is 5.82 Å². The van der Waals surface area contributed by atoms with Crippen molar-refractivity contribution in [3.63, 3.8) is 0 Å². The van der Waals surface area contributed by atoms with Crippen molar-refractivity contribution >= 4 is 44.9 Å². The molecule has 3 aromatic heterocycles. The summed E-state index contributed by atoms with van der Waals surface area (Å²) in [6, 6.07) is 2.45. The van der Waals surface area contributed by atoms with E-state index < -0.39 is 0 Å². The fourth-order valence-corrected chi connectivity index (χ4v) is 5.62. The summed E-state index contributed by atoms with van der Waals surface area (Å²) in [6.07, 6.45) is 10.8. The van der Waals surface area contributed by atoms with E-state index in [2.05, 4.69) is 45.3 Å². The minimum Gasteiger partial charge on any atom is -0.366 e. The first-order chi connectivity index (χ1) is 15.9. The summed E-state index contributed by atoms with van der Waals surface area (Å²) in [6.45, 7) is 6.68. The molecule has 1 aliphatic heterocycles. The summed E-state index contributed by atoms with van der Waals surface area (Å²) in [5.74, 6) is 1.87. The molecule has 3 N–H and O–H groups in total. The van der Waals surface area contributed by atoms with E-state index in [0.29, 0.717) is 35.4 Å². The van der Waals surface area contributed by atoms with Crippen LogP contribution in [0.2, 0.25) is 0 Å². The molecule has 2 fully saturated rings. The van der Waals surface area contributed by atoms with Crippen molar-refractivity contribution < 1.29 is 4.79 Å². The van der Waals surface area contributed by atoms with Gasteiger partial charge in [0, 0.05) is 12.5 Å². The van der Waals surface area contributed by atoms with Gasteiger partial charge < -0.3 is 16.0 Å². The second-order valence-electron chi connectivity index (χ2n) is 10.2. The zero-order valence-corrected chi connectivity index (χ0v) is 20.2. The number of aromatic nitrogens is 4. The maximum atomic E-state index is 12.7. The molecule has 3 aromatic rings. The van der Waals surface area contributed by atoms with Crippen LogP contribution in [0.25, 0.3) is 10.2 Å². The van der Waals surface area contributed by atoms with Gasteiger partial charge >= 0.3 is 0 Å². The highest BCUT2D eigenvalue weighted by Crippen LogP contribution is 2.37. The normalized spacial score (nSPS) is 19.6. The van der Waals surface area contributed by atoms with E-state index in [1.807, 2.05) is 6.07 Å². The van der Waals surface area contributed by atoms with E-state index in [-0.39, 0.29) is 5.91 Å². The first kappa shape index (κ1) is 22.3. The second-order valence-corrected chi connectivity index (χ2v) is 11.1. The molecule has 0 bridgehead atoms. The molecule has 1 saturated carbocycles. The van der Waals surface area contributed by atoms with Gasteiger partial charge in [0.15, 0.2) is 0 Å². The number of rotatable bonds is 6. The van der Waals surface area contributed by atoms with Crippen LogP contribution in [-0.4, -0.2) is 44.8 Å². The van der Waals surface area contributed by atoms with Crippen LogP contribution in [-0.2, 0) is 0 Å². The van der Waals surface area contributed by atoms with Crippen LogP contribution < -0.4 is 16.0 Å². The molecule has 5 rings (SSSR count). The number of nitrogens with zero attached hydrogens (tertiary/aromatic N) is 4. The zero-order valence-electron chi connectivity index (χ0n) is 19.4. The minimum absolute atomic E-state index is 0.0340. The number of anilines is 3. The summed E-state index contributed by atoms with van der Waals surface area (Å²) in [7, 11) is 0. The number of hydrogen-bond acceptors (Lipinski definition) is 8. The van der Waals surface area contributed by atoms with Gasteiger partial charge in [-0.3, -0.25) is 4.79 Å². The van der Waals surface area contributed by atoms with E-state index in [9.17, 15) is 4.79 Å². The van der Waals surface area contributed by atoms with Crippen molar-refractivity contribution in [1.82, 2.24) is 25.1 Å². The predicted octanol–water partition coefficient (Wildman–Crippen LogP) is 5.04. The quantitative estimate of drug-likeness (QED) is 0.467. The standard InChI is InChI=1S/C24H33N7OS/c1-24(2)8-3-17(4-9-24)27-22-21-19(7-12-33-21)29-23(30-22)28-18-14-26-31(15-18)20(32)13-16-5-10-25-11-6-16/h7,12,14-17,25H,3-6,8-11,13H2,1-2H3,(H2,27,28,29,30). The Hall–Kier alpha value is -2.52. The molecule has 2 aliphatic rings. The molecule has 1 saturated heterocycles. The number of fused-ring (bicyclic) bond motifs is 1. The van der Waals surface area contributed by atoms with Gasteiger partial charge in [0.25, 0.3) is 0 Å². The van der Waals surface area contributed by atoms with E-state index in [1.54, 1.807) is 23.7 Å².